The van der Waals surface area contributed by atoms with Crippen LogP contribution in [-0.2, 0) is 0 Å². The van der Waals surface area contributed by atoms with Gasteiger partial charge >= 0.3 is 0 Å². The van der Waals surface area contributed by atoms with Gasteiger partial charge in [-0.25, -0.2) is 19.3 Å². The fourth-order valence-electron chi connectivity index (χ4n) is 3.14. The molecule has 1 unspecified atom stereocenters. The lowest BCUT2D eigenvalue weighted by atomic mass is 9.93. The summed E-state index contributed by atoms with van der Waals surface area (Å²) in [5, 5.41) is 4.88. The van der Waals surface area contributed by atoms with Crippen molar-refractivity contribution in [2.24, 2.45) is 5.41 Å². The number of aromatic nitrogens is 3. The first kappa shape index (κ1) is 32.7. The van der Waals surface area contributed by atoms with Crippen molar-refractivity contribution in [1.82, 2.24) is 20.3 Å². The average Bonchev–Trinajstić information content (AvgIpc) is 3.27. The van der Waals surface area contributed by atoms with Crippen molar-refractivity contribution >= 4 is 23.1 Å². The van der Waals surface area contributed by atoms with Crippen molar-refractivity contribution < 1.29 is 4.39 Å². The Morgan fingerprint density at radius 2 is 1.81 bits per heavy atom. The number of thioether (sulfide) groups is 1. The van der Waals surface area contributed by atoms with E-state index in [2.05, 4.69) is 73.6 Å². The Morgan fingerprint density at radius 1 is 1.14 bits per heavy atom. The highest BCUT2D eigenvalue weighted by Crippen LogP contribution is 2.36. The van der Waals surface area contributed by atoms with Crippen LogP contribution in [0.2, 0.25) is 0 Å². The van der Waals surface area contributed by atoms with Crippen LogP contribution in [0.4, 0.5) is 4.39 Å². The zero-order chi connectivity index (χ0) is 27.8. The zero-order valence-electron chi connectivity index (χ0n) is 23.6. The highest BCUT2D eigenvalue weighted by atomic mass is 32.2. The minimum Gasteiger partial charge on any atom is -0.314 e. The van der Waals surface area contributed by atoms with E-state index >= 15 is 0 Å². The summed E-state index contributed by atoms with van der Waals surface area (Å²) in [4.78, 5) is 14.3. The second-order valence-corrected chi connectivity index (χ2v) is 11.5. The van der Waals surface area contributed by atoms with E-state index in [-0.39, 0.29) is 5.82 Å². The molecule has 2 aromatic heterocycles. The van der Waals surface area contributed by atoms with Crippen LogP contribution in [0, 0.1) is 18.2 Å². The van der Waals surface area contributed by atoms with Crippen LogP contribution in [0.15, 0.2) is 66.5 Å². The molecule has 1 atom stereocenters. The average molecular weight is 543 g/mol. The number of hydrogen-bond acceptors (Lipinski definition) is 6. The number of thiazole rings is 1. The van der Waals surface area contributed by atoms with Gasteiger partial charge in [-0.1, -0.05) is 64.6 Å². The maximum atomic E-state index is 13.1. The van der Waals surface area contributed by atoms with Crippen LogP contribution in [0.25, 0.3) is 21.8 Å². The quantitative estimate of drug-likeness (QED) is 0.175. The molecule has 0 radical (unpaired) electrons. The highest BCUT2D eigenvalue weighted by Gasteiger charge is 2.15. The third-order valence-electron chi connectivity index (χ3n) is 5.07. The number of benzene rings is 1. The minimum atomic E-state index is -0.251. The molecule has 0 saturated carbocycles. The first-order chi connectivity index (χ1) is 17.6. The summed E-state index contributed by atoms with van der Waals surface area (Å²) in [6.07, 6.45) is 13.5. The molecule has 1 aromatic carbocycles. The van der Waals surface area contributed by atoms with Crippen LogP contribution in [0.5, 0.6) is 0 Å². The molecule has 3 rings (SSSR count). The normalized spacial score (nSPS) is 11.8. The lowest BCUT2D eigenvalue weighted by molar-refractivity contribution is 0.421. The molecule has 7 heteroatoms. The van der Waals surface area contributed by atoms with Crippen molar-refractivity contribution in [3.63, 3.8) is 0 Å². The van der Waals surface area contributed by atoms with Crippen LogP contribution >= 0.6 is 23.1 Å². The number of hydrogen-bond donors (Lipinski definition) is 1. The number of rotatable bonds is 8. The molecule has 2 heterocycles. The Kier molecular flexibility index (Phi) is 15.2. The first-order valence-corrected chi connectivity index (χ1v) is 14.7. The molecule has 4 nitrogen and oxygen atoms in total. The summed E-state index contributed by atoms with van der Waals surface area (Å²) in [5.74, 6) is -0.251. The van der Waals surface area contributed by atoms with E-state index in [0.717, 1.165) is 44.8 Å². The van der Waals surface area contributed by atoms with Gasteiger partial charge in [0.2, 0.25) is 0 Å². The molecule has 37 heavy (non-hydrogen) atoms. The standard InChI is InChI=1S/C15H12FN3S2.C8H17N.C7H14/c1-9-18-13(10-3-5-11(16)6-4-10)14(21-9)12-7-8-17-15(19-12)20-2;1-4-6-7-8(5-2)9-3;1-5-6-7(2,3)4/h3-8H,1-2H3;6-9H,4-5H2,1-3H3;5H,1,6H2,2-4H3. The second kappa shape index (κ2) is 17.2. The lowest BCUT2D eigenvalue weighted by Gasteiger charge is -2.13. The van der Waals surface area contributed by atoms with Crippen molar-refractivity contribution in [3.8, 4) is 21.8 Å². The third-order valence-corrected chi connectivity index (χ3v) is 6.63. The summed E-state index contributed by atoms with van der Waals surface area (Å²) in [6.45, 7) is 16.5. The Hall–Kier alpha value is -2.35. The molecule has 202 valence electrons. The Morgan fingerprint density at radius 3 is 2.30 bits per heavy atom. The van der Waals surface area contributed by atoms with E-state index in [1.165, 1.54) is 30.3 Å². The van der Waals surface area contributed by atoms with Gasteiger partial charge < -0.3 is 5.32 Å². The van der Waals surface area contributed by atoms with Gasteiger partial charge in [0.1, 0.15) is 5.82 Å². The number of nitrogens with zero attached hydrogens (tertiary/aromatic N) is 3. The maximum Gasteiger partial charge on any atom is 0.187 e. The third kappa shape index (κ3) is 12.6. The molecule has 0 bridgehead atoms. The SMILES string of the molecule is C=CCC(C)(C)C.CCC=CC(CC)NC.CSc1nccc(-c2sc(C)nc2-c2ccc(F)cc2)n1. The van der Waals surface area contributed by atoms with Crippen molar-refractivity contribution in [2.75, 3.05) is 13.3 Å². The van der Waals surface area contributed by atoms with Crippen molar-refractivity contribution in [3.05, 3.63) is 72.2 Å². The number of allylic oxidation sites excluding steroid dienone is 2. The van der Waals surface area contributed by atoms with Crippen molar-refractivity contribution in [1.29, 1.82) is 0 Å². The van der Waals surface area contributed by atoms with Gasteiger partial charge in [-0.15, -0.1) is 17.9 Å². The van der Waals surface area contributed by atoms with Gasteiger partial charge in [-0.2, -0.15) is 0 Å². The molecule has 1 N–H and O–H groups in total. The fraction of sp³-hybridized carbons (Fsp3) is 0.433. The summed E-state index contributed by atoms with van der Waals surface area (Å²) in [7, 11) is 1.99. The first-order valence-electron chi connectivity index (χ1n) is 12.6. The Balaban J connectivity index is 0.000000356. The van der Waals surface area contributed by atoms with Gasteiger partial charge in [0, 0.05) is 17.8 Å². The molecule has 3 aromatic rings. The molecule has 0 aliphatic carbocycles. The maximum absolute atomic E-state index is 13.1. The van der Waals surface area contributed by atoms with Gasteiger partial charge in [-0.05, 0) is 75.2 Å². The highest BCUT2D eigenvalue weighted by molar-refractivity contribution is 7.98. The molecule has 0 spiro atoms. The Labute approximate surface area is 232 Å². The monoisotopic (exact) mass is 542 g/mol. The number of likely N-dealkylation sites (N-methyl/N-ethyl adjacent to an activating group) is 1. The largest absolute Gasteiger partial charge is 0.314 e. The number of nitrogens with one attached hydrogen (secondary N) is 1. The topological polar surface area (TPSA) is 50.7 Å². The van der Waals surface area contributed by atoms with Gasteiger partial charge in [0.25, 0.3) is 0 Å². The second-order valence-electron chi connectivity index (χ2n) is 9.54. The summed E-state index contributed by atoms with van der Waals surface area (Å²) in [6, 6.07) is 8.82. The summed E-state index contributed by atoms with van der Waals surface area (Å²) >= 11 is 3.08. The van der Waals surface area contributed by atoms with E-state index < -0.39 is 0 Å². The predicted molar refractivity (Wildman–Crippen MR) is 162 cm³/mol. The smallest absolute Gasteiger partial charge is 0.187 e. The van der Waals surface area contributed by atoms with E-state index in [0.29, 0.717) is 11.5 Å². The molecule has 0 fully saturated rings. The van der Waals surface area contributed by atoms with Crippen LogP contribution in [-0.4, -0.2) is 34.3 Å². The molecule has 0 aliphatic heterocycles. The molecule has 0 aliphatic rings. The zero-order valence-corrected chi connectivity index (χ0v) is 25.3. The van der Waals surface area contributed by atoms with Crippen LogP contribution in [0.1, 0.15) is 58.9 Å². The van der Waals surface area contributed by atoms with E-state index in [1.54, 1.807) is 29.7 Å². The molecular weight excluding hydrogens is 499 g/mol. The van der Waals surface area contributed by atoms with Crippen LogP contribution < -0.4 is 5.32 Å². The van der Waals surface area contributed by atoms with Crippen molar-refractivity contribution in [2.45, 2.75) is 72.0 Å². The van der Waals surface area contributed by atoms with Gasteiger partial charge in [0.05, 0.1) is 21.3 Å². The van der Waals surface area contributed by atoms with Gasteiger partial charge in [0.15, 0.2) is 5.16 Å². The molecule has 0 saturated heterocycles. The van der Waals surface area contributed by atoms with E-state index in [4.69, 9.17) is 0 Å². The van der Waals surface area contributed by atoms with E-state index in [1.807, 2.05) is 32.4 Å². The fourth-order valence-corrected chi connectivity index (χ4v) is 4.41. The summed E-state index contributed by atoms with van der Waals surface area (Å²) < 4.78 is 13.1. The van der Waals surface area contributed by atoms with E-state index in [9.17, 15) is 4.39 Å². The number of aryl methyl sites for hydroxylation is 1. The van der Waals surface area contributed by atoms with Gasteiger partial charge in [-0.3, -0.25) is 0 Å². The summed E-state index contributed by atoms with van der Waals surface area (Å²) in [5.41, 5.74) is 3.00. The van der Waals surface area contributed by atoms with Crippen LogP contribution in [0.3, 0.4) is 0 Å². The minimum absolute atomic E-state index is 0.251. The Bertz CT molecular complexity index is 1080. The molecule has 0 amide bonds. The number of halogens is 1. The molecular formula is C30H43FN4S2. The predicted octanol–water partition coefficient (Wildman–Crippen LogP) is 9.00. The lowest BCUT2D eigenvalue weighted by Crippen LogP contribution is -2.21.